The third-order valence-electron chi connectivity index (χ3n) is 4.91. The molecule has 1 aliphatic rings. The number of nitrogens with zero attached hydrogens (tertiary/aromatic N) is 2. The van der Waals surface area contributed by atoms with E-state index in [0.29, 0.717) is 24.4 Å². The fourth-order valence-electron chi connectivity index (χ4n) is 3.42. The molecule has 30 heavy (non-hydrogen) atoms. The van der Waals surface area contributed by atoms with Crippen molar-refractivity contribution < 1.29 is 14.3 Å². The predicted octanol–water partition coefficient (Wildman–Crippen LogP) is 3.27. The first-order chi connectivity index (χ1) is 14.5. The second-order valence-electron chi connectivity index (χ2n) is 7.49. The van der Waals surface area contributed by atoms with Crippen LogP contribution in [0.2, 0.25) is 0 Å². The summed E-state index contributed by atoms with van der Waals surface area (Å²) >= 11 is 1.41. The van der Waals surface area contributed by atoms with E-state index in [1.807, 2.05) is 61.2 Å². The fourth-order valence-corrected chi connectivity index (χ4v) is 4.28. The molecule has 2 aromatic carbocycles. The Morgan fingerprint density at radius 2 is 1.80 bits per heavy atom. The molecule has 160 valence electrons. The molecule has 0 spiro atoms. The van der Waals surface area contributed by atoms with Crippen LogP contribution >= 0.6 is 11.8 Å². The van der Waals surface area contributed by atoms with E-state index in [2.05, 4.69) is 16.3 Å². The van der Waals surface area contributed by atoms with Crippen molar-refractivity contribution in [2.24, 2.45) is 0 Å². The Hall–Kier alpha value is -2.67. The summed E-state index contributed by atoms with van der Waals surface area (Å²) < 4.78 is 5.31. The molecule has 0 unspecified atom stereocenters. The first-order valence-electron chi connectivity index (χ1n) is 10.2. The van der Waals surface area contributed by atoms with Crippen molar-refractivity contribution in [3.63, 3.8) is 0 Å². The number of piperazine rings is 1. The van der Waals surface area contributed by atoms with Crippen LogP contribution in [0.4, 0.5) is 5.69 Å². The van der Waals surface area contributed by atoms with E-state index < -0.39 is 0 Å². The van der Waals surface area contributed by atoms with Gasteiger partial charge in [0, 0.05) is 48.9 Å². The first kappa shape index (κ1) is 22.0. The number of nitrogens with one attached hydrogen (secondary N) is 1. The van der Waals surface area contributed by atoms with E-state index in [-0.39, 0.29) is 17.9 Å². The molecule has 7 heteroatoms. The van der Waals surface area contributed by atoms with E-state index >= 15 is 0 Å². The smallest absolute Gasteiger partial charge is 0.255 e. The standard InChI is InChI=1S/C23H29N3O3S/c1-17(2)24-22(27)16-30-21-10-5-4-9-20(21)23(28)26-13-11-25(12-14-26)18-7-6-8-19(15-18)29-3/h4-10,15,17H,11-14,16H2,1-3H3,(H,24,27). The minimum Gasteiger partial charge on any atom is -0.497 e. The zero-order chi connectivity index (χ0) is 21.5. The van der Waals surface area contributed by atoms with Gasteiger partial charge < -0.3 is 19.9 Å². The van der Waals surface area contributed by atoms with Crippen molar-refractivity contribution in [2.45, 2.75) is 24.8 Å². The molecule has 0 aliphatic carbocycles. The van der Waals surface area contributed by atoms with Gasteiger partial charge in [0.2, 0.25) is 5.91 Å². The monoisotopic (exact) mass is 427 g/mol. The molecule has 1 heterocycles. The molecule has 1 saturated heterocycles. The second kappa shape index (κ2) is 10.4. The lowest BCUT2D eigenvalue weighted by Crippen LogP contribution is -2.48. The van der Waals surface area contributed by atoms with Gasteiger partial charge in [-0.2, -0.15) is 0 Å². The fraction of sp³-hybridized carbons (Fsp3) is 0.391. The second-order valence-corrected chi connectivity index (χ2v) is 8.50. The summed E-state index contributed by atoms with van der Waals surface area (Å²) in [5.74, 6) is 1.13. The number of hydrogen-bond acceptors (Lipinski definition) is 5. The van der Waals surface area contributed by atoms with E-state index in [0.717, 1.165) is 29.4 Å². The molecule has 1 aliphatic heterocycles. The van der Waals surface area contributed by atoms with Crippen molar-refractivity contribution in [2.75, 3.05) is 43.9 Å². The van der Waals surface area contributed by atoms with Crippen LogP contribution in [0.25, 0.3) is 0 Å². The third-order valence-corrected chi connectivity index (χ3v) is 5.98. The van der Waals surface area contributed by atoms with Crippen molar-refractivity contribution in [1.29, 1.82) is 0 Å². The number of hydrogen-bond donors (Lipinski definition) is 1. The number of rotatable bonds is 7. The molecule has 2 aromatic rings. The number of methoxy groups -OCH3 is 1. The lowest BCUT2D eigenvalue weighted by molar-refractivity contribution is -0.119. The van der Waals surface area contributed by atoms with Crippen LogP contribution in [0.15, 0.2) is 53.4 Å². The molecule has 0 atom stereocenters. The lowest BCUT2D eigenvalue weighted by atomic mass is 10.1. The van der Waals surface area contributed by atoms with Crippen molar-refractivity contribution >= 4 is 29.3 Å². The summed E-state index contributed by atoms with van der Waals surface area (Å²) in [6.45, 7) is 6.72. The number of ether oxygens (including phenoxy) is 1. The maximum atomic E-state index is 13.2. The predicted molar refractivity (Wildman–Crippen MR) is 122 cm³/mol. The van der Waals surface area contributed by atoms with Crippen LogP contribution in [0.3, 0.4) is 0 Å². The van der Waals surface area contributed by atoms with Gasteiger partial charge in [0.25, 0.3) is 5.91 Å². The van der Waals surface area contributed by atoms with Crippen molar-refractivity contribution in [3.8, 4) is 5.75 Å². The Balaban J connectivity index is 1.61. The molecule has 0 radical (unpaired) electrons. The Labute approximate surface area is 182 Å². The van der Waals surface area contributed by atoms with Crippen molar-refractivity contribution in [3.05, 3.63) is 54.1 Å². The van der Waals surface area contributed by atoms with E-state index in [4.69, 9.17) is 4.74 Å². The quantitative estimate of drug-likeness (QED) is 0.687. The summed E-state index contributed by atoms with van der Waals surface area (Å²) in [7, 11) is 1.66. The highest BCUT2D eigenvalue weighted by atomic mass is 32.2. The highest BCUT2D eigenvalue weighted by molar-refractivity contribution is 8.00. The molecule has 2 amide bonds. The average molecular weight is 428 g/mol. The van der Waals surface area contributed by atoms with Gasteiger partial charge in [0.15, 0.2) is 0 Å². The molecular formula is C23H29N3O3S. The molecule has 0 aromatic heterocycles. The summed E-state index contributed by atoms with van der Waals surface area (Å²) in [4.78, 5) is 30.1. The van der Waals surface area contributed by atoms with Gasteiger partial charge in [-0.15, -0.1) is 11.8 Å². The number of amides is 2. The molecule has 1 fully saturated rings. The Kier molecular flexibility index (Phi) is 7.63. The Morgan fingerprint density at radius 3 is 2.50 bits per heavy atom. The Bertz CT molecular complexity index is 880. The number of thioether (sulfide) groups is 1. The summed E-state index contributed by atoms with van der Waals surface area (Å²) in [6, 6.07) is 15.6. The van der Waals surface area contributed by atoms with Gasteiger partial charge in [0.1, 0.15) is 5.75 Å². The zero-order valence-electron chi connectivity index (χ0n) is 17.8. The Morgan fingerprint density at radius 1 is 1.07 bits per heavy atom. The summed E-state index contributed by atoms with van der Waals surface area (Å²) in [6.07, 6.45) is 0. The molecule has 6 nitrogen and oxygen atoms in total. The largest absolute Gasteiger partial charge is 0.497 e. The first-order valence-corrected chi connectivity index (χ1v) is 11.2. The van der Waals surface area contributed by atoms with Crippen LogP contribution in [0.1, 0.15) is 24.2 Å². The molecular weight excluding hydrogens is 398 g/mol. The van der Waals surface area contributed by atoms with E-state index in [1.165, 1.54) is 11.8 Å². The van der Waals surface area contributed by atoms with Gasteiger partial charge in [-0.3, -0.25) is 9.59 Å². The summed E-state index contributed by atoms with van der Waals surface area (Å²) in [5, 5.41) is 2.88. The van der Waals surface area contributed by atoms with Crippen LogP contribution in [-0.2, 0) is 4.79 Å². The SMILES string of the molecule is COc1cccc(N2CCN(C(=O)c3ccccc3SCC(=O)NC(C)C)CC2)c1. The lowest BCUT2D eigenvalue weighted by Gasteiger charge is -2.36. The van der Waals surface area contributed by atoms with Crippen molar-refractivity contribution in [1.82, 2.24) is 10.2 Å². The number of carbonyl (C=O) groups is 2. The van der Waals surface area contributed by atoms with Gasteiger partial charge in [-0.1, -0.05) is 18.2 Å². The highest BCUT2D eigenvalue weighted by Crippen LogP contribution is 2.26. The van der Waals surface area contributed by atoms with Gasteiger partial charge in [-0.05, 0) is 38.1 Å². The highest BCUT2D eigenvalue weighted by Gasteiger charge is 2.24. The molecule has 3 rings (SSSR count). The van der Waals surface area contributed by atoms with Crippen LogP contribution in [-0.4, -0.2) is 61.8 Å². The number of anilines is 1. The maximum Gasteiger partial charge on any atom is 0.255 e. The van der Waals surface area contributed by atoms with Crippen LogP contribution < -0.4 is 15.0 Å². The van der Waals surface area contributed by atoms with Crippen LogP contribution in [0, 0.1) is 0 Å². The zero-order valence-corrected chi connectivity index (χ0v) is 18.6. The third kappa shape index (κ3) is 5.69. The van der Waals surface area contributed by atoms with E-state index in [9.17, 15) is 9.59 Å². The maximum absolute atomic E-state index is 13.2. The minimum atomic E-state index is -0.0239. The number of benzene rings is 2. The van der Waals surface area contributed by atoms with Crippen LogP contribution in [0.5, 0.6) is 5.75 Å². The number of carbonyl (C=O) groups excluding carboxylic acids is 2. The molecule has 0 bridgehead atoms. The van der Waals surface area contributed by atoms with Gasteiger partial charge >= 0.3 is 0 Å². The van der Waals surface area contributed by atoms with Gasteiger partial charge in [0.05, 0.1) is 18.4 Å². The van der Waals surface area contributed by atoms with Gasteiger partial charge in [-0.25, -0.2) is 0 Å². The van der Waals surface area contributed by atoms with E-state index in [1.54, 1.807) is 7.11 Å². The normalized spacial score (nSPS) is 14.0. The molecule has 0 saturated carbocycles. The minimum absolute atomic E-state index is 0.0210. The average Bonchev–Trinajstić information content (AvgIpc) is 2.77. The summed E-state index contributed by atoms with van der Waals surface area (Å²) in [5.41, 5.74) is 1.77. The molecule has 1 N–H and O–H groups in total. The topological polar surface area (TPSA) is 61.9 Å².